The standard InChI is InChI=1S/C28H35N3O4/c1-19(2)17-30(20(3)32)25(26(33)29-16-21-12-8-7-9-13-21)23-18-31(27(34)35-28(4,5)6)24-15-11-10-14-22(23)24/h7-15,18-19,25H,16-17H2,1-6H3,(H,29,33)/p+1. The number of para-hydroxylation sites is 1. The van der Waals surface area contributed by atoms with E-state index in [1.165, 1.54) is 6.92 Å². The lowest BCUT2D eigenvalue weighted by molar-refractivity contribution is -0.689. The zero-order valence-corrected chi connectivity index (χ0v) is 21.4. The van der Waals surface area contributed by atoms with Crippen molar-refractivity contribution in [1.29, 1.82) is 0 Å². The summed E-state index contributed by atoms with van der Waals surface area (Å²) in [6.45, 7) is 11.7. The van der Waals surface area contributed by atoms with E-state index in [1.807, 2.05) is 89.2 Å². The molecule has 1 aliphatic heterocycles. The lowest BCUT2D eigenvalue weighted by atomic mass is 9.97. The zero-order valence-electron chi connectivity index (χ0n) is 21.4. The van der Waals surface area contributed by atoms with Crippen LogP contribution in [0.1, 0.15) is 52.7 Å². The smallest absolute Gasteiger partial charge is 0.414 e. The highest BCUT2D eigenvalue weighted by Crippen LogP contribution is 2.31. The summed E-state index contributed by atoms with van der Waals surface area (Å²) in [5, 5.41) is 3.00. The van der Waals surface area contributed by atoms with E-state index in [2.05, 4.69) is 5.32 Å². The summed E-state index contributed by atoms with van der Waals surface area (Å²) in [7, 11) is 0. The van der Waals surface area contributed by atoms with Gasteiger partial charge in [0.25, 0.3) is 0 Å². The van der Waals surface area contributed by atoms with Gasteiger partial charge in [0.05, 0.1) is 5.57 Å². The molecule has 0 saturated heterocycles. The van der Waals surface area contributed by atoms with Crippen molar-refractivity contribution in [2.24, 2.45) is 5.92 Å². The molecule has 1 heterocycles. The molecule has 1 aliphatic rings. The highest BCUT2D eigenvalue weighted by molar-refractivity contribution is 6.01. The van der Waals surface area contributed by atoms with Crippen LogP contribution in [0.2, 0.25) is 0 Å². The quantitative estimate of drug-likeness (QED) is 0.636. The Labute approximate surface area is 207 Å². The van der Waals surface area contributed by atoms with Gasteiger partial charge in [-0.25, -0.2) is 0 Å². The fourth-order valence-electron chi connectivity index (χ4n) is 4.15. The van der Waals surface area contributed by atoms with Crippen LogP contribution in [0.15, 0.2) is 60.8 Å². The second kappa shape index (κ2) is 10.9. The molecular weight excluding hydrogens is 442 g/mol. The number of fused-ring (bicyclic) bond motifs is 1. The molecule has 0 fully saturated rings. The van der Waals surface area contributed by atoms with Crippen LogP contribution >= 0.6 is 0 Å². The molecule has 3 rings (SSSR count). The number of nitrogens with zero attached hydrogens (tertiary/aromatic N) is 1. The number of benzene rings is 2. The van der Waals surface area contributed by atoms with Crippen molar-refractivity contribution in [1.82, 2.24) is 10.2 Å². The molecule has 35 heavy (non-hydrogen) atoms. The summed E-state index contributed by atoms with van der Waals surface area (Å²) in [4.78, 5) is 41.5. The van der Waals surface area contributed by atoms with Gasteiger partial charge in [0.15, 0.2) is 5.69 Å². The first-order valence-electron chi connectivity index (χ1n) is 12.0. The molecule has 2 aromatic rings. The van der Waals surface area contributed by atoms with Crippen LogP contribution in [-0.2, 0) is 20.9 Å². The van der Waals surface area contributed by atoms with E-state index in [9.17, 15) is 14.4 Å². The Morgan fingerprint density at radius 3 is 2.23 bits per heavy atom. The Balaban J connectivity index is 2.03. The van der Waals surface area contributed by atoms with Crippen molar-refractivity contribution in [2.75, 3.05) is 6.54 Å². The lowest BCUT2D eigenvalue weighted by Crippen LogP contribution is -3.05. The van der Waals surface area contributed by atoms with Gasteiger partial charge in [-0.05, 0) is 38.3 Å². The van der Waals surface area contributed by atoms with Crippen molar-refractivity contribution in [3.8, 4) is 0 Å². The maximum atomic E-state index is 13.7. The maximum absolute atomic E-state index is 13.7. The summed E-state index contributed by atoms with van der Waals surface area (Å²) < 4.78 is 5.64. The molecule has 7 nitrogen and oxygen atoms in total. The zero-order chi connectivity index (χ0) is 25.8. The number of alkyl carbamates (subject to hydrolysis) is 1. The van der Waals surface area contributed by atoms with Gasteiger partial charge >= 0.3 is 6.09 Å². The second-order valence-electron chi connectivity index (χ2n) is 10.2. The van der Waals surface area contributed by atoms with Gasteiger partial charge in [0.1, 0.15) is 17.8 Å². The number of quaternary nitrogens is 1. The van der Waals surface area contributed by atoms with Crippen LogP contribution in [0.3, 0.4) is 0 Å². The molecule has 0 radical (unpaired) electrons. The summed E-state index contributed by atoms with van der Waals surface area (Å²) >= 11 is 0. The van der Waals surface area contributed by atoms with Crippen LogP contribution in [0.25, 0.3) is 5.57 Å². The van der Waals surface area contributed by atoms with Crippen LogP contribution in [-0.4, -0.2) is 41.0 Å². The molecule has 0 saturated carbocycles. The van der Waals surface area contributed by atoms with E-state index in [0.29, 0.717) is 29.2 Å². The monoisotopic (exact) mass is 478 g/mol. The molecule has 2 N–H and O–H groups in total. The summed E-state index contributed by atoms with van der Waals surface area (Å²) in [5.41, 5.74) is 2.36. The number of nitrogens with one attached hydrogen (secondary N) is 2. The number of carbonyl (C=O) groups excluding carboxylic acids is 3. The van der Waals surface area contributed by atoms with Crippen molar-refractivity contribution >= 4 is 29.2 Å². The van der Waals surface area contributed by atoms with Crippen molar-refractivity contribution in [2.45, 2.75) is 59.7 Å². The van der Waals surface area contributed by atoms with Crippen LogP contribution in [0.4, 0.5) is 10.5 Å². The minimum absolute atomic E-state index is 0.148. The average molecular weight is 479 g/mol. The molecule has 7 heteroatoms. The SMILES string of the molecule is CC(=O)N(CC(C)C)C(C(=O)NCc1ccccc1)C1=C[NH+](C(=O)OC(C)(C)C)c2ccccc21. The van der Waals surface area contributed by atoms with Gasteiger partial charge < -0.3 is 15.0 Å². The molecule has 2 unspecified atom stereocenters. The average Bonchev–Trinajstić information content (AvgIpc) is 3.16. The molecule has 3 amide bonds. The molecule has 0 aromatic heterocycles. The van der Waals surface area contributed by atoms with Crippen molar-refractivity contribution < 1.29 is 24.0 Å². The van der Waals surface area contributed by atoms with Crippen LogP contribution < -0.4 is 10.2 Å². The highest BCUT2D eigenvalue weighted by atomic mass is 16.6. The Bertz CT molecular complexity index is 1100. The van der Waals surface area contributed by atoms with Crippen molar-refractivity contribution in [3.63, 3.8) is 0 Å². The van der Waals surface area contributed by atoms with E-state index in [0.717, 1.165) is 11.1 Å². The molecule has 2 aromatic carbocycles. The Hall–Kier alpha value is -3.45. The van der Waals surface area contributed by atoms with E-state index < -0.39 is 17.7 Å². The van der Waals surface area contributed by atoms with Gasteiger partial charge in [0.2, 0.25) is 11.8 Å². The Morgan fingerprint density at radius 1 is 1.00 bits per heavy atom. The minimum atomic E-state index is -0.889. The minimum Gasteiger partial charge on any atom is -0.414 e. The Morgan fingerprint density at radius 2 is 1.63 bits per heavy atom. The van der Waals surface area contributed by atoms with Gasteiger partial charge in [-0.2, -0.15) is 9.69 Å². The van der Waals surface area contributed by atoms with Crippen molar-refractivity contribution in [3.05, 3.63) is 71.9 Å². The number of rotatable bonds is 7. The number of carbonyl (C=O) groups is 3. The molecule has 0 aliphatic carbocycles. The van der Waals surface area contributed by atoms with E-state index in [-0.39, 0.29) is 17.7 Å². The first kappa shape index (κ1) is 26.2. The molecule has 0 bridgehead atoms. The van der Waals surface area contributed by atoms with Crippen LogP contribution in [0, 0.1) is 5.92 Å². The van der Waals surface area contributed by atoms with Gasteiger partial charge in [-0.15, -0.1) is 0 Å². The normalized spacial score (nSPS) is 15.7. The van der Waals surface area contributed by atoms with Gasteiger partial charge in [-0.3, -0.25) is 9.59 Å². The third-order valence-corrected chi connectivity index (χ3v) is 5.58. The summed E-state index contributed by atoms with van der Waals surface area (Å²) in [6.07, 6.45) is 1.25. The largest absolute Gasteiger partial charge is 0.524 e. The molecule has 2 atom stereocenters. The van der Waals surface area contributed by atoms with E-state index >= 15 is 0 Å². The second-order valence-corrected chi connectivity index (χ2v) is 10.2. The topological polar surface area (TPSA) is 80.2 Å². The number of hydrogen-bond donors (Lipinski definition) is 2. The van der Waals surface area contributed by atoms with Crippen LogP contribution in [0.5, 0.6) is 0 Å². The number of hydrogen-bond acceptors (Lipinski definition) is 4. The van der Waals surface area contributed by atoms with Gasteiger partial charge in [-0.1, -0.05) is 56.3 Å². The first-order valence-corrected chi connectivity index (χ1v) is 12.0. The number of ether oxygens (including phenoxy) is 1. The van der Waals surface area contributed by atoms with Gasteiger partial charge in [0, 0.05) is 31.6 Å². The highest BCUT2D eigenvalue weighted by Gasteiger charge is 2.42. The Kier molecular flexibility index (Phi) is 8.12. The van der Waals surface area contributed by atoms with E-state index in [4.69, 9.17) is 4.74 Å². The lowest BCUT2D eigenvalue weighted by Gasteiger charge is -2.32. The molecule has 186 valence electrons. The first-order chi connectivity index (χ1) is 16.5. The molecule has 0 spiro atoms. The fraction of sp³-hybridized carbons (Fsp3) is 0.393. The van der Waals surface area contributed by atoms with E-state index in [1.54, 1.807) is 11.1 Å². The predicted molar refractivity (Wildman–Crippen MR) is 136 cm³/mol. The third kappa shape index (κ3) is 6.57. The summed E-state index contributed by atoms with van der Waals surface area (Å²) in [6, 6.07) is 16.2. The number of amides is 3. The predicted octanol–water partition coefficient (Wildman–Crippen LogP) is 3.68. The summed E-state index contributed by atoms with van der Waals surface area (Å²) in [5.74, 6) is -0.353. The molecular formula is C28H36N3O4+. The maximum Gasteiger partial charge on any atom is 0.524 e. The third-order valence-electron chi connectivity index (χ3n) is 5.58. The fourth-order valence-corrected chi connectivity index (χ4v) is 4.15.